The van der Waals surface area contributed by atoms with Crippen molar-refractivity contribution in [2.24, 2.45) is 0 Å². The summed E-state index contributed by atoms with van der Waals surface area (Å²) in [6, 6.07) is 6.82. The van der Waals surface area contributed by atoms with E-state index in [-0.39, 0.29) is 22.7 Å². The van der Waals surface area contributed by atoms with Crippen LogP contribution in [0.25, 0.3) is 0 Å². The third-order valence-corrected chi connectivity index (χ3v) is 3.90. The van der Waals surface area contributed by atoms with Gasteiger partial charge in [-0.25, -0.2) is 0 Å². The fraction of sp³-hybridized carbons (Fsp3) is 0.538. The van der Waals surface area contributed by atoms with E-state index in [0.717, 1.165) is 25.9 Å². The standard InChI is InChI=1S/C13H17F3N2S/c1-18-8-4-5-10(9-18)17-11-6-2-3-7-12(11)19-13(14,15)16/h2-3,6-7,10,17H,4-5,8-9H2,1H3. The smallest absolute Gasteiger partial charge is 0.380 e. The third-order valence-electron chi connectivity index (χ3n) is 3.10. The highest BCUT2D eigenvalue weighted by molar-refractivity contribution is 8.00. The Bertz CT molecular complexity index is 423. The van der Waals surface area contributed by atoms with Crippen molar-refractivity contribution in [3.8, 4) is 0 Å². The zero-order valence-corrected chi connectivity index (χ0v) is 11.5. The second-order valence-electron chi connectivity index (χ2n) is 4.79. The highest BCUT2D eigenvalue weighted by Gasteiger charge is 2.30. The maximum Gasteiger partial charge on any atom is 0.446 e. The highest BCUT2D eigenvalue weighted by atomic mass is 32.2. The first kappa shape index (κ1) is 14.5. The summed E-state index contributed by atoms with van der Waals surface area (Å²) in [6.45, 7) is 1.92. The molecule has 1 heterocycles. The van der Waals surface area contributed by atoms with Gasteiger partial charge >= 0.3 is 5.51 Å². The molecule has 1 saturated heterocycles. The van der Waals surface area contributed by atoms with Crippen LogP contribution in [0.1, 0.15) is 12.8 Å². The second kappa shape index (κ2) is 6.05. The predicted molar refractivity (Wildman–Crippen MR) is 72.5 cm³/mol. The fourth-order valence-corrected chi connectivity index (χ4v) is 2.94. The van der Waals surface area contributed by atoms with Gasteiger partial charge in [-0.05, 0) is 50.3 Å². The zero-order chi connectivity index (χ0) is 13.9. The molecule has 1 aliphatic heterocycles. The van der Waals surface area contributed by atoms with Gasteiger partial charge in [-0.3, -0.25) is 0 Å². The van der Waals surface area contributed by atoms with E-state index in [1.165, 1.54) is 6.07 Å². The minimum absolute atomic E-state index is 0.0594. The van der Waals surface area contributed by atoms with Crippen LogP contribution in [-0.4, -0.2) is 36.6 Å². The summed E-state index contributed by atoms with van der Waals surface area (Å²) in [4.78, 5) is 2.43. The van der Waals surface area contributed by atoms with Gasteiger partial charge in [0.15, 0.2) is 0 Å². The molecule has 6 heteroatoms. The van der Waals surface area contributed by atoms with Crippen LogP contribution >= 0.6 is 11.8 Å². The van der Waals surface area contributed by atoms with Gasteiger partial charge in [0.1, 0.15) is 0 Å². The molecule has 0 aliphatic carbocycles. The van der Waals surface area contributed by atoms with E-state index in [1.54, 1.807) is 18.2 Å². The van der Waals surface area contributed by atoms with Gasteiger partial charge in [0.25, 0.3) is 0 Å². The summed E-state index contributed by atoms with van der Waals surface area (Å²) in [7, 11) is 2.03. The Labute approximate surface area is 115 Å². The quantitative estimate of drug-likeness (QED) is 0.852. The Morgan fingerprint density at radius 2 is 2.05 bits per heavy atom. The molecule has 106 valence electrons. The Balaban J connectivity index is 2.07. The lowest BCUT2D eigenvalue weighted by Gasteiger charge is -2.31. The number of nitrogens with one attached hydrogen (secondary N) is 1. The first-order valence-electron chi connectivity index (χ1n) is 6.24. The van der Waals surface area contributed by atoms with E-state index in [0.29, 0.717) is 5.69 Å². The zero-order valence-electron chi connectivity index (χ0n) is 10.7. The fourth-order valence-electron chi connectivity index (χ4n) is 2.30. The number of likely N-dealkylation sites (tertiary alicyclic amines) is 1. The van der Waals surface area contributed by atoms with Gasteiger partial charge in [0, 0.05) is 23.2 Å². The molecule has 1 aromatic carbocycles. The van der Waals surface area contributed by atoms with Crippen molar-refractivity contribution in [1.82, 2.24) is 4.90 Å². The average Bonchev–Trinajstić information content (AvgIpc) is 2.30. The van der Waals surface area contributed by atoms with E-state index in [9.17, 15) is 13.2 Å². The van der Waals surface area contributed by atoms with Gasteiger partial charge in [-0.1, -0.05) is 12.1 Å². The minimum atomic E-state index is -4.25. The van der Waals surface area contributed by atoms with Crippen molar-refractivity contribution in [3.05, 3.63) is 24.3 Å². The number of hydrogen-bond acceptors (Lipinski definition) is 3. The molecule has 1 fully saturated rings. The topological polar surface area (TPSA) is 15.3 Å². The number of benzene rings is 1. The molecule has 0 saturated carbocycles. The maximum absolute atomic E-state index is 12.5. The first-order valence-corrected chi connectivity index (χ1v) is 7.05. The summed E-state index contributed by atoms with van der Waals surface area (Å²) in [5.74, 6) is 0. The number of hydrogen-bond donors (Lipinski definition) is 1. The number of para-hydroxylation sites is 1. The van der Waals surface area contributed by atoms with Crippen LogP contribution in [0.3, 0.4) is 0 Å². The Morgan fingerprint density at radius 1 is 1.32 bits per heavy atom. The van der Waals surface area contributed by atoms with Crippen molar-refractivity contribution in [1.29, 1.82) is 0 Å². The molecule has 1 aliphatic rings. The van der Waals surface area contributed by atoms with Crippen LogP contribution in [0.5, 0.6) is 0 Å². The molecule has 2 nitrogen and oxygen atoms in total. The number of anilines is 1. The van der Waals surface area contributed by atoms with Gasteiger partial charge in [-0.2, -0.15) is 13.2 Å². The maximum atomic E-state index is 12.5. The molecule has 0 radical (unpaired) electrons. The first-order chi connectivity index (χ1) is 8.94. The van der Waals surface area contributed by atoms with Crippen molar-refractivity contribution in [2.75, 3.05) is 25.5 Å². The molecule has 1 atom stereocenters. The summed E-state index contributed by atoms with van der Waals surface area (Å²) < 4.78 is 37.5. The van der Waals surface area contributed by atoms with E-state index in [2.05, 4.69) is 10.2 Å². The lowest BCUT2D eigenvalue weighted by molar-refractivity contribution is -0.0327. The SMILES string of the molecule is CN1CCCC(Nc2ccccc2SC(F)(F)F)C1. The van der Waals surface area contributed by atoms with Crippen molar-refractivity contribution in [2.45, 2.75) is 29.3 Å². The lowest BCUT2D eigenvalue weighted by Crippen LogP contribution is -2.39. The molecule has 0 aromatic heterocycles. The van der Waals surface area contributed by atoms with Crippen molar-refractivity contribution in [3.63, 3.8) is 0 Å². The van der Waals surface area contributed by atoms with Crippen LogP contribution in [-0.2, 0) is 0 Å². The number of halogens is 3. The summed E-state index contributed by atoms with van der Waals surface area (Å²) in [6.07, 6.45) is 2.07. The van der Waals surface area contributed by atoms with E-state index < -0.39 is 5.51 Å². The summed E-state index contributed by atoms with van der Waals surface area (Å²) >= 11 is -0.0594. The molecular formula is C13H17F3N2S. The average molecular weight is 290 g/mol. The normalized spacial score (nSPS) is 21.4. The molecule has 0 bridgehead atoms. The Kier molecular flexibility index (Phi) is 4.62. The number of piperidine rings is 1. The number of alkyl halides is 3. The van der Waals surface area contributed by atoms with Gasteiger partial charge in [-0.15, -0.1) is 0 Å². The van der Waals surface area contributed by atoms with Crippen molar-refractivity contribution >= 4 is 17.4 Å². The molecule has 19 heavy (non-hydrogen) atoms. The molecule has 1 N–H and O–H groups in total. The molecule has 2 rings (SSSR count). The Morgan fingerprint density at radius 3 is 2.74 bits per heavy atom. The number of likely N-dealkylation sites (N-methyl/N-ethyl adjacent to an activating group) is 1. The summed E-state index contributed by atoms with van der Waals surface area (Å²) in [5, 5.41) is 3.24. The molecule has 0 amide bonds. The predicted octanol–water partition coefficient (Wildman–Crippen LogP) is 3.80. The van der Waals surface area contributed by atoms with Crippen molar-refractivity contribution < 1.29 is 13.2 Å². The third kappa shape index (κ3) is 4.62. The van der Waals surface area contributed by atoms with Crippen LogP contribution in [0, 0.1) is 0 Å². The van der Waals surface area contributed by atoms with Crippen LogP contribution in [0.2, 0.25) is 0 Å². The van der Waals surface area contributed by atoms with E-state index >= 15 is 0 Å². The van der Waals surface area contributed by atoms with Crippen LogP contribution < -0.4 is 5.32 Å². The number of thioether (sulfide) groups is 1. The van der Waals surface area contributed by atoms with Gasteiger partial charge < -0.3 is 10.2 Å². The minimum Gasteiger partial charge on any atom is -0.380 e. The van der Waals surface area contributed by atoms with E-state index in [1.807, 2.05) is 7.05 Å². The number of nitrogens with zero attached hydrogens (tertiary/aromatic N) is 1. The van der Waals surface area contributed by atoms with Crippen LogP contribution in [0.4, 0.5) is 18.9 Å². The molecule has 1 aromatic rings. The monoisotopic (exact) mass is 290 g/mol. The summed E-state index contributed by atoms with van der Waals surface area (Å²) in [5.41, 5.74) is -3.67. The molecular weight excluding hydrogens is 273 g/mol. The van der Waals surface area contributed by atoms with Crippen LogP contribution in [0.15, 0.2) is 29.2 Å². The number of rotatable bonds is 3. The largest absolute Gasteiger partial charge is 0.446 e. The Hall–Kier alpha value is -0.880. The molecule has 0 spiro atoms. The van der Waals surface area contributed by atoms with E-state index in [4.69, 9.17) is 0 Å². The highest BCUT2D eigenvalue weighted by Crippen LogP contribution is 2.40. The second-order valence-corrected chi connectivity index (χ2v) is 5.90. The molecule has 1 unspecified atom stereocenters. The lowest BCUT2D eigenvalue weighted by atomic mass is 10.1. The van der Waals surface area contributed by atoms with Gasteiger partial charge in [0.05, 0.1) is 0 Å². The van der Waals surface area contributed by atoms with Gasteiger partial charge in [0.2, 0.25) is 0 Å².